The van der Waals surface area contributed by atoms with Gasteiger partial charge in [0, 0.05) is 16.4 Å². The number of amides is 1. The number of nitrogens with one attached hydrogen (secondary N) is 1. The first-order valence-electron chi connectivity index (χ1n) is 8.99. The molecule has 1 amide bonds. The molecule has 0 unspecified atom stereocenters. The summed E-state index contributed by atoms with van der Waals surface area (Å²) >= 11 is 0. The van der Waals surface area contributed by atoms with Gasteiger partial charge in [0.15, 0.2) is 0 Å². The molecule has 2 aromatic carbocycles. The third-order valence-electron chi connectivity index (χ3n) is 4.73. The van der Waals surface area contributed by atoms with Gasteiger partial charge in [-0.05, 0) is 36.8 Å². The molecule has 0 spiro atoms. The van der Waals surface area contributed by atoms with Crippen LogP contribution in [0.2, 0.25) is 0 Å². The van der Waals surface area contributed by atoms with Crippen LogP contribution in [-0.2, 0) is 33.5 Å². The largest absolute Gasteiger partial charge is 0.497 e. The van der Waals surface area contributed by atoms with Gasteiger partial charge in [0.1, 0.15) is 11.6 Å². The Kier molecular flexibility index (Phi) is 5.00. The van der Waals surface area contributed by atoms with Crippen molar-refractivity contribution in [3.63, 3.8) is 0 Å². The minimum atomic E-state index is -0.964. The van der Waals surface area contributed by atoms with Gasteiger partial charge in [0.25, 0.3) is 0 Å². The molecule has 1 atom stereocenters. The molecule has 7 heteroatoms. The summed E-state index contributed by atoms with van der Waals surface area (Å²) in [5.41, 5.74) is 4.56. The summed E-state index contributed by atoms with van der Waals surface area (Å²) in [5, 5.41) is 7.61. The zero-order valence-electron chi connectivity index (χ0n) is 15.8. The van der Waals surface area contributed by atoms with Crippen molar-refractivity contribution in [2.45, 2.75) is 24.9 Å². The fraction of sp³-hybridized carbons (Fsp3) is 0.238. The van der Waals surface area contributed by atoms with Gasteiger partial charge >= 0.3 is 0 Å². The first-order valence-corrected chi connectivity index (χ1v) is 10.5. The van der Waals surface area contributed by atoms with E-state index in [1.807, 2.05) is 55.5 Å². The molecule has 0 fully saturated rings. The average molecular weight is 395 g/mol. The van der Waals surface area contributed by atoms with E-state index in [1.54, 1.807) is 11.8 Å². The summed E-state index contributed by atoms with van der Waals surface area (Å²) in [5.74, 6) is 2.07. The van der Waals surface area contributed by atoms with Gasteiger partial charge in [0.2, 0.25) is 5.91 Å². The minimum absolute atomic E-state index is 0.140. The van der Waals surface area contributed by atoms with Crippen LogP contribution >= 0.6 is 0 Å². The van der Waals surface area contributed by atoms with Crippen LogP contribution in [0.1, 0.15) is 22.4 Å². The molecule has 0 saturated heterocycles. The van der Waals surface area contributed by atoms with E-state index < -0.39 is 10.8 Å². The molecule has 144 valence electrons. The van der Waals surface area contributed by atoms with Crippen LogP contribution in [0, 0.1) is 6.92 Å². The standard InChI is InChI=1S/C21H21N3O3S/c1-14-3-7-16(8-4-14)24-21(18-12-28(26)13-19(18)23-24)22-20(25)11-15-5-9-17(27-2)10-6-15/h3-10H,11-13H2,1-2H3,(H,22,25)/t28-/m1/s1. The number of nitrogens with zero attached hydrogens (tertiary/aromatic N) is 2. The number of ether oxygens (including phenoxy) is 1. The Morgan fingerprint density at radius 2 is 1.86 bits per heavy atom. The highest BCUT2D eigenvalue weighted by atomic mass is 32.2. The Bertz CT molecular complexity index is 1040. The van der Waals surface area contributed by atoms with E-state index in [1.165, 1.54) is 0 Å². The monoisotopic (exact) mass is 395 g/mol. The molecule has 0 radical (unpaired) electrons. The zero-order chi connectivity index (χ0) is 19.7. The number of hydrogen-bond donors (Lipinski definition) is 1. The van der Waals surface area contributed by atoms with Crippen LogP contribution in [0.5, 0.6) is 5.75 Å². The van der Waals surface area contributed by atoms with Gasteiger partial charge in [-0.1, -0.05) is 29.8 Å². The normalized spacial score (nSPS) is 15.3. The maximum absolute atomic E-state index is 12.7. The highest BCUT2D eigenvalue weighted by Crippen LogP contribution is 2.31. The van der Waals surface area contributed by atoms with Crippen molar-refractivity contribution in [1.82, 2.24) is 9.78 Å². The average Bonchev–Trinajstić information content (AvgIpc) is 3.20. The number of carbonyl (C=O) groups is 1. The lowest BCUT2D eigenvalue weighted by molar-refractivity contribution is -0.115. The van der Waals surface area contributed by atoms with Crippen LogP contribution in [-0.4, -0.2) is 27.0 Å². The van der Waals surface area contributed by atoms with Crippen molar-refractivity contribution in [3.8, 4) is 11.4 Å². The van der Waals surface area contributed by atoms with Crippen LogP contribution in [0.25, 0.3) is 5.69 Å². The smallest absolute Gasteiger partial charge is 0.229 e. The highest BCUT2D eigenvalue weighted by Gasteiger charge is 2.28. The van der Waals surface area contributed by atoms with Crippen molar-refractivity contribution >= 4 is 22.5 Å². The zero-order valence-corrected chi connectivity index (χ0v) is 16.6. The maximum Gasteiger partial charge on any atom is 0.229 e. The Balaban J connectivity index is 1.61. The van der Waals surface area contributed by atoms with Gasteiger partial charge in [0.05, 0.1) is 36.4 Å². The Labute approximate surface area is 166 Å². The summed E-state index contributed by atoms with van der Waals surface area (Å²) in [4.78, 5) is 12.7. The van der Waals surface area contributed by atoms with E-state index in [9.17, 15) is 9.00 Å². The number of fused-ring (bicyclic) bond motifs is 1. The van der Waals surface area contributed by atoms with Gasteiger partial charge in [-0.15, -0.1) is 0 Å². The molecule has 2 heterocycles. The molecule has 1 aliphatic heterocycles. The SMILES string of the molecule is COc1ccc(CC(=O)Nc2c3c(nn2-c2ccc(C)cc2)C[S@](=O)C3)cc1. The number of hydrogen-bond acceptors (Lipinski definition) is 4. The summed E-state index contributed by atoms with van der Waals surface area (Å²) in [6.45, 7) is 2.02. The molecule has 4 rings (SSSR count). The highest BCUT2D eigenvalue weighted by molar-refractivity contribution is 7.83. The fourth-order valence-electron chi connectivity index (χ4n) is 3.23. The Morgan fingerprint density at radius 1 is 1.14 bits per heavy atom. The van der Waals surface area contributed by atoms with E-state index in [0.29, 0.717) is 17.3 Å². The number of carbonyl (C=O) groups excluding carboxylic acids is 1. The summed E-state index contributed by atoms with van der Waals surface area (Å²) in [7, 11) is 0.645. The molecule has 1 aliphatic rings. The lowest BCUT2D eigenvalue weighted by atomic mass is 10.1. The molecule has 0 saturated carbocycles. The third kappa shape index (κ3) is 3.71. The van der Waals surface area contributed by atoms with Crippen LogP contribution in [0.4, 0.5) is 5.82 Å². The van der Waals surface area contributed by atoms with Crippen LogP contribution < -0.4 is 10.1 Å². The first kappa shape index (κ1) is 18.4. The molecular formula is C21H21N3O3S. The second-order valence-corrected chi connectivity index (χ2v) is 8.28. The number of aromatic nitrogens is 2. The third-order valence-corrected chi connectivity index (χ3v) is 5.94. The Hall–Kier alpha value is -2.93. The summed E-state index contributed by atoms with van der Waals surface area (Å²) in [6, 6.07) is 15.3. The molecule has 1 N–H and O–H groups in total. The maximum atomic E-state index is 12.7. The molecule has 1 aromatic heterocycles. The van der Waals surface area contributed by atoms with Gasteiger partial charge < -0.3 is 10.1 Å². The van der Waals surface area contributed by atoms with E-state index in [4.69, 9.17) is 4.74 Å². The number of aryl methyl sites for hydroxylation is 1. The lowest BCUT2D eigenvalue weighted by Gasteiger charge is -2.11. The van der Waals surface area contributed by atoms with Gasteiger partial charge in [-0.25, -0.2) is 4.68 Å². The van der Waals surface area contributed by atoms with Crippen molar-refractivity contribution in [3.05, 3.63) is 70.9 Å². The number of anilines is 1. The second kappa shape index (κ2) is 7.59. The second-order valence-electron chi connectivity index (χ2n) is 6.82. The molecule has 3 aromatic rings. The van der Waals surface area contributed by atoms with E-state index in [2.05, 4.69) is 10.4 Å². The van der Waals surface area contributed by atoms with Crippen molar-refractivity contribution in [2.75, 3.05) is 12.4 Å². The Morgan fingerprint density at radius 3 is 2.54 bits per heavy atom. The van der Waals surface area contributed by atoms with Gasteiger partial charge in [-0.3, -0.25) is 9.00 Å². The number of methoxy groups -OCH3 is 1. The number of rotatable bonds is 5. The summed E-state index contributed by atoms with van der Waals surface area (Å²) < 4.78 is 18.9. The predicted octanol–water partition coefficient (Wildman–Crippen LogP) is 3.13. The van der Waals surface area contributed by atoms with Crippen molar-refractivity contribution in [1.29, 1.82) is 0 Å². The summed E-state index contributed by atoms with van der Waals surface area (Å²) in [6.07, 6.45) is 0.237. The predicted molar refractivity (Wildman–Crippen MR) is 109 cm³/mol. The number of benzene rings is 2. The van der Waals surface area contributed by atoms with Crippen LogP contribution in [0.15, 0.2) is 48.5 Å². The van der Waals surface area contributed by atoms with E-state index in [-0.39, 0.29) is 12.3 Å². The first-order chi connectivity index (χ1) is 13.5. The molecule has 28 heavy (non-hydrogen) atoms. The minimum Gasteiger partial charge on any atom is -0.497 e. The molecule has 0 bridgehead atoms. The van der Waals surface area contributed by atoms with Crippen LogP contribution in [0.3, 0.4) is 0 Å². The lowest BCUT2D eigenvalue weighted by Crippen LogP contribution is -2.18. The van der Waals surface area contributed by atoms with Crippen molar-refractivity contribution < 1.29 is 13.7 Å². The molecule has 0 aliphatic carbocycles. The van der Waals surface area contributed by atoms with Gasteiger partial charge in [-0.2, -0.15) is 5.10 Å². The van der Waals surface area contributed by atoms with E-state index >= 15 is 0 Å². The van der Waals surface area contributed by atoms with E-state index in [0.717, 1.165) is 33.8 Å². The van der Waals surface area contributed by atoms with Crippen molar-refractivity contribution in [2.24, 2.45) is 0 Å². The molecular weight excluding hydrogens is 374 g/mol. The quantitative estimate of drug-likeness (QED) is 0.720. The molecule has 6 nitrogen and oxygen atoms in total. The topological polar surface area (TPSA) is 73.2 Å². The fourth-order valence-corrected chi connectivity index (χ4v) is 4.50.